The number of nitrogens with one attached hydrogen (secondary N) is 1. The third-order valence-corrected chi connectivity index (χ3v) is 2.71. The molecule has 0 saturated carbocycles. The molecule has 82 valence electrons. The second-order valence-electron chi connectivity index (χ2n) is 3.75. The van der Waals surface area contributed by atoms with E-state index in [4.69, 9.17) is 9.47 Å². The van der Waals surface area contributed by atoms with E-state index in [-0.39, 0.29) is 6.10 Å². The monoisotopic (exact) mass is 207 g/mol. The molecule has 1 aliphatic heterocycles. The molecule has 0 fully saturated rings. The SMILES string of the molecule is CCC1CNCc2ccc(OC)cc2O1. The number of hydrogen-bond donors (Lipinski definition) is 1. The van der Waals surface area contributed by atoms with Gasteiger partial charge in [-0.15, -0.1) is 0 Å². The lowest BCUT2D eigenvalue weighted by Crippen LogP contribution is -2.27. The van der Waals surface area contributed by atoms with E-state index in [1.165, 1.54) is 5.56 Å². The van der Waals surface area contributed by atoms with Gasteiger partial charge in [-0.2, -0.15) is 0 Å². The molecule has 0 spiro atoms. The van der Waals surface area contributed by atoms with Crippen LogP contribution in [-0.4, -0.2) is 19.8 Å². The standard InChI is InChI=1S/C12H17NO2/c1-3-10-8-13-7-9-4-5-11(14-2)6-12(9)15-10/h4-6,10,13H,3,7-8H2,1-2H3. The zero-order chi connectivity index (χ0) is 10.7. The van der Waals surface area contributed by atoms with Gasteiger partial charge in [-0.25, -0.2) is 0 Å². The minimum atomic E-state index is 0.262. The quantitative estimate of drug-likeness (QED) is 0.804. The van der Waals surface area contributed by atoms with Crippen LogP contribution in [0.5, 0.6) is 11.5 Å². The Morgan fingerprint density at radius 3 is 3.13 bits per heavy atom. The van der Waals surface area contributed by atoms with E-state index in [1.807, 2.05) is 12.1 Å². The highest BCUT2D eigenvalue weighted by Gasteiger charge is 2.15. The van der Waals surface area contributed by atoms with Gasteiger partial charge >= 0.3 is 0 Å². The lowest BCUT2D eigenvalue weighted by molar-refractivity contribution is 0.201. The molecule has 0 saturated heterocycles. The molecule has 1 aliphatic rings. The van der Waals surface area contributed by atoms with Crippen molar-refractivity contribution in [3.8, 4) is 11.5 Å². The molecule has 0 radical (unpaired) electrons. The van der Waals surface area contributed by atoms with Gasteiger partial charge in [0.25, 0.3) is 0 Å². The van der Waals surface area contributed by atoms with Gasteiger partial charge in [-0.05, 0) is 12.5 Å². The van der Waals surface area contributed by atoms with Gasteiger partial charge < -0.3 is 14.8 Å². The van der Waals surface area contributed by atoms with E-state index < -0.39 is 0 Å². The molecule has 1 atom stereocenters. The largest absolute Gasteiger partial charge is 0.497 e. The highest BCUT2D eigenvalue weighted by atomic mass is 16.5. The van der Waals surface area contributed by atoms with Crippen molar-refractivity contribution in [1.29, 1.82) is 0 Å². The fourth-order valence-corrected chi connectivity index (χ4v) is 1.73. The molecule has 2 rings (SSSR count). The summed E-state index contributed by atoms with van der Waals surface area (Å²) in [5.41, 5.74) is 1.20. The average Bonchev–Trinajstić information content (AvgIpc) is 2.49. The topological polar surface area (TPSA) is 30.5 Å². The summed E-state index contributed by atoms with van der Waals surface area (Å²) in [6, 6.07) is 5.99. The Morgan fingerprint density at radius 2 is 2.40 bits per heavy atom. The summed E-state index contributed by atoms with van der Waals surface area (Å²) in [5.74, 6) is 1.80. The van der Waals surface area contributed by atoms with Crippen molar-refractivity contribution >= 4 is 0 Å². The zero-order valence-corrected chi connectivity index (χ0v) is 9.25. The molecule has 1 unspecified atom stereocenters. The van der Waals surface area contributed by atoms with Gasteiger partial charge in [0.2, 0.25) is 0 Å². The van der Waals surface area contributed by atoms with Crippen LogP contribution in [0.1, 0.15) is 18.9 Å². The number of benzene rings is 1. The second-order valence-corrected chi connectivity index (χ2v) is 3.75. The van der Waals surface area contributed by atoms with Crippen LogP contribution < -0.4 is 14.8 Å². The normalized spacial score (nSPS) is 20.0. The van der Waals surface area contributed by atoms with E-state index in [9.17, 15) is 0 Å². The van der Waals surface area contributed by atoms with Crippen LogP contribution >= 0.6 is 0 Å². The summed E-state index contributed by atoms with van der Waals surface area (Å²) in [4.78, 5) is 0. The van der Waals surface area contributed by atoms with Gasteiger partial charge in [0, 0.05) is 24.7 Å². The molecule has 15 heavy (non-hydrogen) atoms. The molecule has 0 amide bonds. The Balaban J connectivity index is 2.27. The van der Waals surface area contributed by atoms with Crippen LogP contribution in [0, 0.1) is 0 Å². The Labute approximate surface area is 90.4 Å². The van der Waals surface area contributed by atoms with E-state index in [1.54, 1.807) is 7.11 Å². The van der Waals surface area contributed by atoms with Gasteiger partial charge in [0.1, 0.15) is 17.6 Å². The van der Waals surface area contributed by atoms with Crippen LogP contribution in [-0.2, 0) is 6.54 Å². The number of rotatable bonds is 2. The number of ether oxygens (including phenoxy) is 2. The molecule has 1 aromatic carbocycles. The van der Waals surface area contributed by atoms with E-state index in [2.05, 4.69) is 18.3 Å². The molecule has 1 N–H and O–H groups in total. The third kappa shape index (κ3) is 2.23. The Kier molecular flexibility index (Phi) is 3.11. The molecule has 0 aromatic heterocycles. The third-order valence-electron chi connectivity index (χ3n) is 2.71. The van der Waals surface area contributed by atoms with Crippen molar-refractivity contribution in [1.82, 2.24) is 5.32 Å². The van der Waals surface area contributed by atoms with Crippen molar-refractivity contribution < 1.29 is 9.47 Å². The first-order chi connectivity index (χ1) is 7.33. The second kappa shape index (κ2) is 4.53. The molecule has 0 bridgehead atoms. The molecule has 0 aliphatic carbocycles. The van der Waals surface area contributed by atoms with Gasteiger partial charge in [-0.3, -0.25) is 0 Å². The minimum absolute atomic E-state index is 0.262. The lowest BCUT2D eigenvalue weighted by atomic mass is 10.2. The summed E-state index contributed by atoms with van der Waals surface area (Å²) in [6.45, 7) is 3.92. The highest BCUT2D eigenvalue weighted by Crippen LogP contribution is 2.27. The summed E-state index contributed by atoms with van der Waals surface area (Å²) >= 11 is 0. The first-order valence-electron chi connectivity index (χ1n) is 5.37. The van der Waals surface area contributed by atoms with E-state index in [0.717, 1.165) is 31.0 Å². The number of methoxy groups -OCH3 is 1. The summed E-state index contributed by atoms with van der Waals surface area (Å²) in [6.07, 6.45) is 1.28. The lowest BCUT2D eigenvalue weighted by Gasteiger charge is -2.15. The van der Waals surface area contributed by atoms with Crippen LogP contribution in [0.4, 0.5) is 0 Å². The maximum absolute atomic E-state index is 5.91. The highest BCUT2D eigenvalue weighted by molar-refractivity contribution is 5.41. The molecule has 1 heterocycles. The summed E-state index contributed by atoms with van der Waals surface area (Å²) < 4.78 is 11.1. The van der Waals surface area contributed by atoms with Crippen molar-refractivity contribution in [2.45, 2.75) is 26.0 Å². The van der Waals surface area contributed by atoms with Gasteiger partial charge in [-0.1, -0.05) is 13.0 Å². The predicted molar refractivity (Wildman–Crippen MR) is 59.4 cm³/mol. The molecular formula is C12H17NO2. The molecule has 1 aromatic rings. The van der Waals surface area contributed by atoms with Crippen LogP contribution in [0.15, 0.2) is 18.2 Å². The van der Waals surface area contributed by atoms with E-state index >= 15 is 0 Å². The number of fused-ring (bicyclic) bond motifs is 1. The maximum atomic E-state index is 5.91. The maximum Gasteiger partial charge on any atom is 0.127 e. The smallest absolute Gasteiger partial charge is 0.127 e. The average molecular weight is 207 g/mol. The van der Waals surface area contributed by atoms with Gasteiger partial charge in [0.15, 0.2) is 0 Å². The Morgan fingerprint density at radius 1 is 1.53 bits per heavy atom. The van der Waals surface area contributed by atoms with Crippen molar-refractivity contribution in [2.75, 3.05) is 13.7 Å². The first-order valence-corrected chi connectivity index (χ1v) is 5.37. The summed E-state index contributed by atoms with van der Waals surface area (Å²) in [7, 11) is 1.67. The molecule has 3 heteroatoms. The Hall–Kier alpha value is -1.22. The number of hydrogen-bond acceptors (Lipinski definition) is 3. The Bertz CT molecular complexity index is 338. The molecule has 3 nitrogen and oxygen atoms in total. The van der Waals surface area contributed by atoms with Crippen LogP contribution in [0.2, 0.25) is 0 Å². The zero-order valence-electron chi connectivity index (χ0n) is 9.25. The molecular weight excluding hydrogens is 190 g/mol. The fourth-order valence-electron chi connectivity index (χ4n) is 1.73. The van der Waals surface area contributed by atoms with Crippen molar-refractivity contribution in [2.24, 2.45) is 0 Å². The van der Waals surface area contributed by atoms with Crippen molar-refractivity contribution in [3.63, 3.8) is 0 Å². The fraction of sp³-hybridized carbons (Fsp3) is 0.500. The summed E-state index contributed by atoms with van der Waals surface area (Å²) in [5, 5.41) is 3.38. The van der Waals surface area contributed by atoms with Gasteiger partial charge in [0.05, 0.1) is 7.11 Å². The van der Waals surface area contributed by atoms with Crippen molar-refractivity contribution in [3.05, 3.63) is 23.8 Å². The van der Waals surface area contributed by atoms with Crippen LogP contribution in [0.25, 0.3) is 0 Å². The van der Waals surface area contributed by atoms with Crippen LogP contribution in [0.3, 0.4) is 0 Å². The van der Waals surface area contributed by atoms with E-state index in [0.29, 0.717) is 0 Å². The predicted octanol–water partition coefficient (Wildman–Crippen LogP) is 1.96. The minimum Gasteiger partial charge on any atom is -0.497 e. The first kappa shape index (κ1) is 10.3.